The number of carbonyl (C=O) groups excluding carboxylic acids is 1. The monoisotopic (exact) mass is 297 g/mol. The molecule has 1 atom stereocenters. The molecule has 1 aromatic carbocycles. The van der Waals surface area contributed by atoms with E-state index in [0.29, 0.717) is 11.9 Å². The number of amides is 1. The van der Waals surface area contributed by atoms with Crippen molar-refractivity contribution in [3.63, 3.8) is 0 Å². The quantitative estimate of drug-likeness (QED) is 0.823. The Morgan fingerprint density at radius 2 is 1.55 bits per heavy atom. The molecule has 0 aliphatic heterocycles. The molecule has 0 heterocycles. The zero-order valence-electron chi connectivity index (χ0n) is 13.7. The Hall–Kier alpha value is -1.31. The molecule has 0 aromatic heterocycles. The topological polar surface area (TPSA) is 20.3 Å². The summed E-state index contributed by atoms with van der Waals surface area (Å²) < 4.78 is 0. The van der Waals surface area contributed by atoms with Crippen LogP contribution in [0.1, 0.15) is 50.5 Å². The Bertz CT molecular complexity index is 524. The van der Waals surface area contributed by atoms with Crippen LogP contribution in [0.5, 0.6) is 0 Å². The molecule has 2 nitrogen and oxygen atoms in total. The maximum Gasteiger partial charge on any atom is 0.229 e. The molecule has 4 aliphatic rings. The summed E-state index contributed by atoms with van der Waals surface area (Å²) in [5.74, 6) is 3.76. The van der Waals surface area contributed by atoms with Gasteiger partial charge in [-0.15, -0.1) is 0 Å². The number of rotatable bonds is 3. The van der Waals surface area contributed by atoms with Crippen molar-refractivity contribution in [3.8, 4) is 0 Å². The first kappa shape index (κ1) is 14.3. The summed E-state index contributed by atoms with van der Waals surface area (Å²) in [6.07, 6.45) is 6.95. The average Bonchev–Trinajstić information content (AvgIpc) is 2.53. The molecular weight excluding hydrogens is 270 g/mol. The van der Waals surface area contributed by atoms with Crippen LogP contribution in [0, 0.1) is 23.7 Å². The van der Waals surface area contributed by atoms with Gasteiger partial charge in [0.1, 0.15) is 0 Å². The van der Waals surface area contributed by atoms with Gasteiger partial charge in [0.05, 0.1) is 5.92 Å². The summed E-state index contributed by atoms with van der Waals surface area (Å²) in [6.45, 7) is 2.06. The number of hydrogen-bond donors (Lipinski definition) is 0. The van der Waals surface area contributed by atoms with Crippen LogP contribution < -0.4 is 0 Å². The highest BCUT2D eigenvalue weighted by Crippen LogP contribution is 2.55. The number of nitrogens with zero attached hydrogens (tertiary/aromatic N) is 1. The fraction of sp³-hybridized carbons (Fsp3) is 0.650. The van der Waals surface area contributed by atoms with E-state index in [1.807, 2.05) is 18.2 Å². The minimum Gasteiger partial charge on any atom is -0.342 e. The van der Waals surface area contributed by atoms with Gasteiger partial charge in [0, 0.05) is 13.1 Å². The van der Waals surface area contributed by atoms with Gasteiger partial charge in [-0.25, -0.2) is 0 Å². The predicted octanol–water partition coefficient (Wildman–Crippen LogP) is 4.07. The van der Waals surface area contributed by atoms with Crippen molar-refractivity contribution >= 4 is 5.91 Å². The molecule has 5 rings (SSSR count). The molecule has 118 valence electrons. The van der Waals surface area contributed by atoms with E-state index in [4.69, 9.17) is 0 Å². The molecule has 0 saturated heterocycles. The van der Waals surface area contributed by atoms with Crippen LogP contribution in [0.15, 0.2) is 30.3 Å². The van der Waals surface area contributed by atoms with Gasteiger partial charge in [-0.2, -0.15) is 0 Å². The Labute approximate surface area is 133 Å². The van der Waals surface area contributed by atoms with Crippen LogP contribution in [0.2, 0.25) is 0 Å². The SMILES string of the molecule is CC(C(=O)N(C)C1C2CC3CC(C2)CC1C3)c1ccccc1. The van der Waals surface area contributed by atoms with E-state index in [9.17, 15) is 4.79 Å². The van der Waals surface area contributed by atoms with Crippen molar-refractivity contribution in [1.82, 2.24) is 4.90 Å². The molecule has 0 radical (unpaired) electrons. The number of carbonyl (C=O) groups is 1. The van der Waals surface area contributed by atoms with Crippen LogP contribution in [0.3, 0.4) is 0 Å². The fourth-order valence-electron chi connectivity index (χ4n) is 5.87. The summed E-state index contributed by atoms with van der Waals surface area (Å²) in [4.78, 5) is 15.1. The number of benzene rings is 1. The Balaban J connectivity index is 1.52. The predicted molar refractivity (Wildman–Crippen MR) is 88.5 cm³/mol. The number of likely N-dealkylation sites (N-methyl/N-ethyl adjacent to an activating group) is 1. The van der Waals surface area contributed by atoms with Gasteiger partial charge in [-0.3, -0.25) is 4.79 Å². The lowest BCUT2D eigenvalue weighted by Crippen LogP contribution is -2.56. The van der Waals surface area contributed by atoms with Crippen molar-refractivity contribution in [1.29, 1.82) is 0 Å². The molecule has 4 bridgehead atoms. The van der Waals surface area contributed by atoms with E-state index in [0.717, 1.165) is 29.2 Å². The van der Waals surface area contributed by atoms with E-state index in [-0.39, 0.29) is 5.92 Å². The zero-order chi connectivity index (χ0) is 15.3. The first-order valence-corrected chi connectivity index (χ1v) is 8.95. The largest absolute Gasteiger partial charge is 0.342 e. The van der Waals surface area contributed by atoms with Gasteiger partial charge >= 0.3 is 0 Å². The summed E-state index contributed by atoms with van der Waals surface area (Å²) in [6, 6.07) is 10.7. The summed E-state index contributed by atoms with van der Waals surface area (Å²) in [5, 5.41) is 0. The first-order chi connectivity index (χ1) is 10.6. The Morgan fingerprint density at radius 3 is 2.09 bits per heavy atom. The van der Waals surface area contributed by atoms with Gasteiger partial charge in [0.15, 0.2) is 0 Å². The highest BCUT2D eigenvalue weighted by Gasteiger charge is 2.50. The van der Waals surface area contributed by atoms with Crippen molar-refractivity contribution < 1.29 is 4.79 Å². The van der Waals surface area contributed by atoms with Crippen molar-refractivity contribution in [3.05, 3.63) is 35.9 Å². The van der Waals surface area contributed by atoms with Crippen molar-refractivity contribution in [2.24, 2.45) is 23.7 Å². The summed E-state index contributed by atoms with van der Waals surface area (Å²) in [7, 11) is 2.06. The van der Waals surface area contributed by atoms with E-state index < -0.39 is 0 Å². The maximum absolute atomic E-state index is 13.0. The molecule has 22 heavy (non-hydrogen) atoms. The van der Waals surface area contributed by atoms with Crippen LogP contribution in [0.25, 0.3) is 0 Å². The highest BCUT2D eigenvalue weighted by molar-refractivity contribution is 5.83. The van der Waals surface area contributed by atoms with E-state index in [1.54, 1.807) is 0 Å². The molecule has 1 unspecified atom stereocenters. The van der Waals surface area contributed by atoms with E-state index >= 15 is 0 Å². The smallest absolute Gasteiger partial charge is 0.229 e. The Kier molecular flexibility index (Phi) is 3.51. The molecule has 4 saturated carbocycles. The van der Waals surface area contributed by atoms with E-state index in [1.165, 1.54) is 32.1 Å². The lowest BCUT2D eigenvalue weighted by Gasteiger charge is -2.56. The minimum atomic E-state index is -0.0246. The highest BCUT2D eigenvalue weighted by atomic mass is 16.2. The molecule has 1 amide bonds. The van der Waals surface area contributed by atoms with Gasteiger partial charge < -0.3 is 4.90 Å². The maximum atomic E-state index is 13.0. The molecule has 4 aliphatic carbocycles. The van der Waals surface area contributed by atoms with E-state index in [2.05, 4.69) is 31.0 Å². The second-order valence-electron chi connectivity index (χ2n) is 8.00. The zero-order valence-corrected chi connectivity index (χ0v) is 13.7. The average molecular weight is 297 g/mol. The van der Waals surface area contributed by atoms with Gasteiger partial charge in [0.25, 0.3) is 0 Å². The second kappa shape index (κ2) is 5.40. The van der Waals surface area contributed by atoms with Gasteiger partial charge in [-0.05, 0) is 68.3 Å². The molecular formula is C20H27NO. The minimum absolute atomic E-state index is 0.0246. The number of hydrogen-bond acceptors (Lipinski definition) is 1. The second-order valence-corrected chi connectivity index (χ2v) is 8.00. The molecule has 4 fully saturated rings. The molecule has 1 aromatic rings. The van der Waals surface area contributed by atoms with Crippen LogP contribution in [0.4, 0.5) is 0 Å². The first-order valence-electron chi connectivity index (χ1n) is 8.95. The van der Waals surface area contributed by atoms with Gasteiger partial charge in [0.2, 0.25) is 5.91 Å². The van der Waals surface area contributed by atoms with Crippen molar-refractivity contribution in [2.45, 2.75) is 51.0 Å². The lowest BCUT2D eigenvalue weighted by atomic mass is 9.54. The standard InChI is InChI=1S/C20H27NO/c1-13(16-6-4-3-5-7-16)20(22)21(2)19-17-9-14-8-15(11-17)12-18(19)10-14/h3-7,13-15,17-19H,8-12H2,1-2H3. The van der Waals surface area contributed by atoms with Crippen LogP contribution in [-0.4, -0.2) is 23.9 Å². The van der Waals surface area contributed by atoms with Crippen molar-refractivity contribution in [2.75, 3.05) is 7.05 Å². The molecule has 0 N–H and O–H groups in total. The van der Waals surface area contributed by atoms with Crippen LogP contribution in [-0.2, 0) is 4.79 Å². The summed E-state index contributed by atoms with van der Waals surface area (Å²) >= 11 is 0. The third kappa shape index (κ3) is 2.28. The van der Waals surface area contributed by atoms with Crippen LogP contribution >= 0.6 is 0 Å². The third-order valence-electron chi connectivity index (χ3n) is 6.64. The Morgan fingerprint density at radius 1 is 1.00 bits per heavy atom. The molecule has 2 heteroatoms. The fourth-order valence-corrected chi connectivity index (χ4v) is 5.87. The third-order valence-corrected chi connectivity index (χ3v) is 6.64. The van der Waals surface area contributed by atoms with Gasteiger partial charge in [-0.1, -0.05) is 30.3 Å². The summed E-state index contributed by atoms with van der Waals surface area (Å²) in [5.41, 5.74) is 1.14. The lowest BCUT2D eigenvalue weighted by molar-refractivity contribution is -0.142. The molecule has 0 spiro atoms. The normalized spacial score (nSPS) is 37.1.